The molecule has 30 heavy (non-hydrogen) atoms. The molecule has 0 aliphatic heterocycles. The zero-order valence-corrected chi connectivity index (χ0v) is 16.1. The summed E-state index contributed by atoms with van der Waals surface area (Å²) >= 11 is 0. The number of halogens is 6. The number of sulfonamides is 1. The predicted molar refractivity (Wildman–Crippen MR) is 94.7 cm³/mol. The lowest BCUT2D eigenvalue weighted by Gasteiger charge is -2.11. The van der Waals surface area contributed by atoms with Crippen LogP contribution in [0.15, 0.2) is 36.7 Å². The molecule has 0 atom stereocenters. The lowest BCUT2D eigenvalue weighted by Crippen LogP contribution is -2.21. The molecule has 2 N–H and O–H groups in total. The summed E-state index contributed by atoms with van der Waals surface area (Å²) in [6, 6.07) is 6.34. The van der Waals surface area contributed by atoms with Gasteiger partial charge in [-0.05, 0) is 24.3 Å². The summed E-state index contributed by atoms with van der Waals surface area (Å²) in [4.78, 5) is 13.1. The Balaban J connectivity index is 0.000000553. The number of hydrogen-bond donors (Lipinski definition) is 2. The molecule has 14 heteroatoms. The van der Waals surface area contributed by atoms with Crippen molar-refractivity contribution < 1.29 is 44.7 Å². The third kappa shape index (κ3) is 8.71. The van der Waals surface area contributed by atoms with E-state index in [4.69, 9.17) is 9.90 Å². The summed E-state index contributed by atoms with van der Waals surface area (Å²) < 4.78 is 95.3. The molecule has 0 aliphatic carbocycles. The number of imidazole rings is 1. The van der Waals surface area contributed by atoms with Crippen molar-refractivity contribution in [1.82, 2.24) is 9.55 Å². The van der Waals surface area contributed by atoms with E-state index in [9.17, 15) is 34.8 Å². The fraction of sp³-hybridized carbons (Fsp3) is 0.375. The molecule has 0 spiro atoms. The zero-order valence-electron chi connectivity index (χ0n) is 15.3. The average molecular weight is 461 g/mol. The van der Waals surface area contributed by atoms with E-state index in [2.05, 4.69) is 9.71 Å². The molecule has 0 saturated heterocycles. The number of alkyl halides is 6. The van der Waals surface area contributed by atoms with Gasteiger partial charge in [0, 0.05) is 30.2 Å². The molecular formula is C16H17F6N3O4S. The third-order valence-electron chi connectivity index (χ3n) is 3.35. The number of carbonyl (C=O) groups is 1. The van der Waals surface area contributed by atoms with E-state index >= 15 is 0 Å². The number of nitrogens with one attached hydrogen (secondary N) is 1. The molecule has 168 valence electrons. The normalized spacial score (nSPS) is 12.1. The van der Waals surface area contributed by atoms with Crippen LogP contribution in [0, 0.1) is 0 Å². The summed E-state index contributed by atoms with van der Waals surface area (Å²) in [5.74, 6) is -2.91. The summed E-state index contributed by atoms with van der Waals surface area (Å²) in [5.41, 5.74) is 1.01. The number of rotatable bonds is 6. The largest absolute Gasteiger partial charge is 0.490 e. The van der Waals surface area contributed by atoms with Gasteiger partial charge in [-0.1, -0.05) is 6.92 Å². The molecular weight excluding hydrogens is 444 g/mol. The molecule has 1 aromatic heterocycles. The number of carboxylic acid groups (broad SMARTS) is 1. The van der Waals surface area contributed by atoms with Crippen LogP contribution in [0.25, 0.3) is 5.69 Å². The van der Waals surface area contributed by atoms with Crippen LogP contribution in [0.1, 0.15) is 19.2 Å². The maximum atomic E-state index is 12.1. The SMILES string of the molecule is CCc1nccn1-c1ccc(NS(=O)(=O)CCC(F)(F)F)cc1.O=C(O)C(F)(F)F. The van der Waals surface area contributed by atoms with E-state index in [1.54, 1.807) is 24.5 Å². The summed E-state index contributed by atoms with van der Waals surface area (Å²) in [7, 11) is -4.04. The van der Waals surface area contributed by atoms with Crippen molar-refractivity contribution in [3.63, 3.8) is 0 Å². The first-order valence-electron chi connectivity index (χ1n) is 8.14. The maximum absolute atomic E-state index is 12.1. The van der Waals surface area contributed by atoms with Gasteiger partial charge in [-0.3, -0.25) is 4.72 Å². The van der Waals surface area contributed by atoms with Gasteiger partial charge < -0.3 is 9.67 Å². The van der Waals surface area contributed by atoms with Gasteiger partial charge in [0.2, 0.25) is 10.0 Å². The summed E-state index contributed by atoms with van der Waals surface area (Å²) in [6.45, 7) is 1.96. The average Bonchev–Trinajstić information content (AvgIpc) is 3.08. The second-order valence-corrected chi connectivity index (χ2v) is 7.54. The van der Waals surface area contributed by atoms with E-state index < -0.39 is 40.5 Å². The van der Waals surface area contributed by atoms with Gasteiger partial charge in [-0.25, -0.2) is 18.2 Å². The number of carboxylic acids is 1. The second-order valence-electron chi connectivity index (χ2n) is 5.70. The highest BCUT2D eigenvalue weighted by molar-refractivity contribution is 7.92. The van der Waals surface area contributed by atoms with E-state index in [1.165, 1.54) is 12.1 Å². The van der Waals surface area contributed by atoms with Gasteiger partial charge in [-0.15, -0.1) is 0 Å². The highest BCUT2D eigenvalue weighted by Gasteiger charge is 2.38. The number of aryl methyl sites for hydroxylation is 1. The van der Waals surface area contributed by atoms with Crippen molar-refractivity contribution in [2.45, 2.75) is 32.1 Å². The van der Waals surface area contributed by atoms with Crippen LogP contribution in [-0.4, -0.2) is 47.2 Å². The van der Waals surface area contributed by atoms with Crippen LogP contribution in [0.4, 0.5) is 32.0 Å². The minimum absolute atomic E-state index is 0.217. The maximum Gasteiger partial charge on any atom is 0.490 e. The summed E-state index contributed by atoms with van der Waals surface area (Å²) in [5, 5.41) is 7.12. The van der Waals surface area contributed by atoms with Crippen molar-refractivity contribution in [3.05, 3.63) is 42.5 Å². The Hall–Kier alpha value is -2.77. The Morgan fingerprint density at radius 3 is 2.10 bits per heavy atom. The lowest BCUT2D eigenvalue weighted by molar-refractivity contribution is -0.192. The van der Waals surface area contributed by atoms with Gasteiger partial charge in [0.05, 0.1) is 12.2 Å². The molecule has 0 radical (unpaired) electrons. The molecule has 2 aromatic rings. The Labute approximate surface area is 167 Å². The summed E-state index contributed by atoms with van der Waals surface area (Å²) in [6.07, 6.45) is -6.79. The van der Waals surface area contributed by atoms with Crippen LogP contribution in [-0.2, 0) is 21.2 Å². The highest BCUT2D eigenvalue weighted by Crippen LogP contribution is 2.21. The fourth-order valence-corrected chi connectivity index (χ4v) is 3.10. The van der Waals surface area contributed by atoms with Gasteiger partial charge in [-0.2, -0.15) is 26.3 Å². The molecule has 2 rings (SSSR count). The first-order chi connectivity index (χ1) is 13.6. The molecule has 0 fully saturated rings. The topological polar surface area (TPSA) is 101 Å². The van der Waals surface area contributed by atoms with Crippen LogP contribution in [0.5, 0.6) is 0 Å². The van der Waals surface area contributed by atoms with Crippen LogP contribution >= 0.6 is 0 Å². The van der Waals surface area contributed by atoms with Crippen molar-refractivity contribution in [2.75, 3.05) is 10.5 Å². The number of nitrogens with zero attached hydrogens (tertiary/aromatic N) is 2. The molecule has 7 nitrogen and oxygen atoms in total. The van der Waals surface area contributed by atoms with E-state index in [1.807, 2.05) is 11.5 Å². The molecule has 1 heterocycles. The quantitative estimate of drug-likeness (QED) is 0.638. The van der Waals surface area contributed by atoms with Gasteiger partial charge in [0.15, 0.2) is 0 Å². The Morgan fingerprint density at radius 2 is 1.67 bits per heavy atom. The second kappa shape index (κ2) is 9.82. The smallest absolute Gasteiger partial charge is 0.475 e. The molecule has 0 unspecified atom stereocenters. The number of aliphatic carboxylic acids is 1. The molecule has 0 aliphatic rings. The van der Waals surface area contributed by atoms with Crippen LogP contribution in [0.2, 0.25) is 0 Å². The Morgan fingerprint density at radius 1 is 1.13 bits per heavy atom. The van der Waals surface area contributed by atoms with E-state index in [0.717, 1.165) is 17.9 Å². The Bertz CT molecular complexity index is 937. The van der Waals surface area contributed by atoms with Crippen LogP contribution < -0.4 is 4.72 Å². The van der Waals surface area contributed by atoms with Crippen molar-refractivity contribution in [1.29, 1.82) is 0 Å². The first kappa shape index (κ1) is 25.3. The number of benzene rings is 1. The van der Waals surface area contributed by atoms with Crippen molar-refractivity contribution in [2.24, 2.45) is 0 Å². The third-order valence-corrected chi connectivity index (χ3v) is 4.64. The minimum atomic E-state index is -5.08. The number of aromatic nitrogens is 2. The van der Waals surface area contributed by atoms with Gasteiger partial charge in [0.1, 0.15) is 5.82 Å². The minimum Gasteiger partial charge on any atom is -0.475 e. The fourth-order valence-electron chi connectivity index (χ4n) is 2.00. The monoisotopic (exact) mass is 461 g/mol. The number of hydrogen-bond acceptors (Lipinski definition) is 4. The van der Waals surface area contributed by atoms with Gasteiger partial charge in [0.25, 0.3) is 0 Å². The molecule has 0 bridgehead atoms. The first-order valence-corrected chi connectivity index (χ1v) is 9.80. The van der Waals surface area contributed by atoms with Crippen molar-refractivity contribution >= 4 is 21.7 Å². The Kier molecular flexibility index (Phi) is 8.27. The molecule has 1 aromatic carbocycles. The highest BCUT2D eigenvalue weighted by atomic mass is 32.2. The zero-order chi connectivity index (χ0) is 23.2. The standard InChI is InChI=1S/C14H16F3N3O2S.C2HF3O2/c1-2-13-18-8-9-20(13)12-5-3-11(4-6-12)19-23(21,22)10-7-14(15,16)17;3-2(4,5)1(6)7/h3-6,8-9,19H,2,7,10H2,1H3;(H,6,7). The lowest BCUT2D eigenvalue weighted by atomic mass is 10.3. The van der Waals surface area contributed by atoms with E-state index in [-0.39, 0.29) is 5.69 Å². The molecule has 0 amide bonds. The predicted octanol–water partition coefficient (Wildman–Crippen LogP) is 3.76. The van der Waals surface area contributed by atoms with Gasteiger partial charge >= 0.3 is 18.3 Å². The van der Waals surface area contributed by atoms with E-state index in [0.29, 0.717) is 0 Å². The molecule has 0 saturated carbocycles. The van der Waals surface area contributed by atoms with Crippen LogP contribution in [0.3, 0.4) is 0 Å². The number of anilines is 1. The van der Waals surface area contributed by atoms with Crippen molar-refractivity contribution in [3.8, 4) is 5.69 Å².